The quantitative estimate of drug-likeness (QED) is 0.409. The third kappa shape index (κ3) is 6.59. The third-order valence-electron chi connectivity index (χ3n) is 6.07. The number of likely N-dealkylation sites (N-methyl/N-ethyl adjacent to an activating group) is 1. The van der Waals surface area contributed by atoms with E-state index in [1.165, 1.54) is 45.6 Å². The van der Waals surface area contributed by atoms with Crippen molar-refractivity contribution in [2.45, 2.75) is 32.2 Å². The van der Waals surface area contributed by atoms with Crippen molar-refractivity contribution in [3.05, 3.63) is 0 Å². The number of hydrogen-bond acceptors (Lipinski definition) is 5. The van der Waals surface area contributed by atoms with E-state index in [0.29, 0.717) is 6.04 Å². The second-order valence-electron chi connectivity index (χ2n) is 8.12. The van der Waals surface area contributed by atoms with Crippen molar-refractivity contribution in [3.8, 4) is 0 Å². The van der Waals surface area contributed by atoms with Gasteiger partial charge in [-0.25, -0.2) is 0 Å². The van der Waals surface area contributed by atoms with Crippen molar-refractivity contribution in [1.29, 1.82) is 0 Å². The van der Waals surface area contributed by atoms with E-state index in [1.807, 2.05) is 0 Å². The van der Waals surface area contributed by atoms with Crippen molar-refractivity contribution in [1.82, 2.24) is 24.9 Å². The molecule has 3 aliphatic heterocycles. The Labute approximate surface area is 165 Å². The van der Waals surface area contributed by atoms with Crippen LogP contribution in [0.5, 0.6) is 0 Å². The summed E-state index contributed by atoms with van der Waals surface area (Å²) in [5.41, 5.74) is 0. The molecule has 3 heterocycles. The molecule has 1 unspecified atom stereocenters. The first-order valence-electron chi connectivity index (χ1n) is 11.0. The van der Waals surface area contributed by atoms with Crippen LogP contribution in [-0.2, 0) is 4.74 Å². The Bertz CT molecular complexity index is 454. The molecule has 0 aromatic carbocycles. The summed E-state index contributed by atoms with van der Waals surface area (Å²) < 4.78 is 5.50. The highest BCUT2D eigenvalue weighted by molar-refractivity contribution is 5.80. The van der Waals surface area contributed by atoms with Crippen molar-refractivity contribution in [2.75, 3.05) is 92.3 Å². The van der Waals surface area contributed by atoms with Crippen LogP contribution in [0.15, 0.2) is 4.99 Å². The van der Waals surface area contributed by atoms with Gasteiger partial charge in [0.15, 0.2) is 5.96 Å². The molecule has 3 saturated heterocycles. The molecule has 0 bridgehead atoms. The molecule has 1 N–H and O–H groups in total. The molecule has 0 spiro atoms. The van der Waals surface area contributed by atoms with Crippen LogP contribution in [0.4, 0.5) is 0 Å². The minimum absolute atomic E-state index is 0.659. The normalized spacial score (nSPS) is 27.1. The molecule has 7 heteroatoms. The molecule has 156 valence electrons. The van der Waals surface area contributed by atoms with Crippen LogP contribution in [0.2, 0.25) is 0 Å². The van der Waals surface area contributed by atoms with E-state index in [9.17, 15) is 0 Å². The highest BCUT2D eigenvalue weighted by Gasteiger charge is 2.30. The number of aliphatic imine (C=N–C) groups is 1. The monoisotopic (exact) mass is 380 g/mol. The number of hydrogen-bond donors (Lipinski definition) is 1. The third-order valence-corrected chi connectivity index (χ3v) is 6.07. The SMILES string of the molecule is CCNC(=NCCCN1CCCN(C)CC1)N1CCC(N2CCOCC2)C1. The average Bonchev–Trinajstić information content (AvgIpc) is 3.09. The number of morpholine rings is 1. The average molecular weight is 381 g/mol. The summed E-state index contributed by atoms with van der Waals surface area (Å²) in [6.45, 7) is 16.2. The zero-order valence-corrected chi connectivity index (χ0v) is 17.5. The van der Waals surface area contributed by atoms with Crippen LogP contribution in [-0.4, -0.2) is 124 Å². The van der Waals surface area contributed by atoms with E-state index in [4.69, 9.17) is 9.73 Å². The van der Waals surface area contributed by atoms with Gasteiger partial charge in [-0.05, 0) is 52.9 Å². The van der Waals surface area contributed by atoms with Crippen LogP contribution in [0.25, 0.3) is 0 Å². The molecule has 1 atom stereocenters. The fourth-order valence-corrected chi connectivity index (χ4v) is 4.40. The summed E-state index contributed by atoms with van der Waals surface area (Å²) in [4.78, 5) is 15.1. The topological polar surface area (TPSA) is 46.6 Å². The van der Waals surface area contributed by atoms with Gasteiger partial charge in [-0.1, -0.05) is 0 Å². The Hall–Kier alpha value is -0.890. The summed E-state index contributed by atoms with van der Waals surface area (Å²) in [6, 6.07) is 0.659. The Balaban J connectivity index is 1.42. The summed E-state index contributed by atoms with van der Waals surface area (Å²) in [5, 5.41) is 3.51. The lowest BCUT2D eigenvalue weighted by atomic mass is 10.2. The van der Waals surface area contributed by atoms with Gasteiger partial charge in [-0.2, -0.15) is 0 Å². The fourth-order valence-electron chi connectivity index (χ4n) is 4.40. The Morgan fingerprint density at radius 1 is 1.07 bits per heavy atom. The largest absolute Gasteiger partial charge is 0.379 e. The second kappa shape index (κ2) is 11.2. The van der Waals surface area contributed by atoms with Crippen LogP contribution in [0.3, 0.4) is 0 Å². The van der Waals surface area contributed by atoms with Gasteiger partial charge in [0.1, 0.15) is 0 Å². The summed E-state index contributed by atoms with van der Waals surface area (Å²) in [6.07, 6.45) is 3.68. The van der Waals surface area contributed by atoms with E-state index in [1.54, 1.807) is 0 Å². The maximum atomic E-state index is 5.50. The molecule has 0 saturated carbocycles. The van der Waals surface area contributed by atoms with E-state index in [-0.39, 0.29) is 0 Å². The Morgan fingerprint density at radius 3 is 2.74 bits per heavy atom. The van der Waals surface area contributed by atoms with Gasteiger partial charge >= 0.3 is 0 Å². The lowest BCUT2D eigenvalue weighted by Gasteiger charge is -2.32. The maximum Gasteiger partial charge on any atom is 0.193 e. The first kappa shape index (κ1) is 20.8. The molecule has 0 aliphatic carbocycles. The van der Waals surface area contributed by atoms with E-state index in [0.717, 1.165) is 64.9 Å². The molecule has 3 fully saturated rings. The number of likely N-dealkylation sites (tertiary alicyclic amines) is 1. The highest BCUT2D eigenvalue weighted by atomic mass is 16.5. The number of ether oxygens (including phenoxy) is 1. The summed E-state index contributed by atoms with van der Waals surface area (Å²) in [7, 11) is 2.23. The molecule has 3 aliphatic rings. The summed E-state index contributed by atoms with van der Waals surface area (Å²) >= 11 is 0. The Kier molecular flexibility index (Phi) is 8.64. The molecule has 7 nitrogen and oxygen atoms in total. The van der Waals surface area contributed by atoms with E-state index < -0.39 is 0 Å². The molecule has 0 aromatic heterocycles. The standard InChI is InChI=1S/C20H40N6O/c1-3-21-20(22-7-4-9-24-10-5-8-23(2)12-13-24)26-11-6-19(18-26)25-14-16-27-17-15-25/h19H,3-18H2,1-2H3,(H,21,22). The molecular formula is C20H40N6O. The molecule has 0 amide bonds. The fraction of sp³-hybridized carbons (Fsp3) is 0.950. The molecule has 0 radical (unpaired) electrons. The van der Waals surface area contributed by atoms with Crippen molar-refractivity contribution in [3.63, 3.8) is 0 Å². The van der Waals surface area contributed by atoms with Crippen LogP contribution in [0, 0.1) is 0 Å². The zero-order chi connectivity index (χ0) is 18.9. The smallest absolute Gasteiger partial charge is 0.193 e. The van der Waals surface area contributed by atoms with Gasteiger partial charge < -0.3 is 24.8 Å². The molecule has 27 heavy (non-hydrogen) atoms. The van der Waals surface area contributed by atoms with E-state index >= 15 is 0 Å². The van der Waals surface area contributed by atoms with Gasteiger partial charge in [-0.3, -0.25) is 9.89 Å². The number of rotatable bonds is 6. The number of nitrogens with zero attached hydrogens (tertiary/aromatic N) is 5. The maximum absolute atomic E-state index is 5.50. The highest BCUT2D eigenvalue weighted by Crippen LogP contribution is 2.17. The van der Waals surface area contributed by atoms with Gasteiger partial charge in [0.2, 0.25) is 0 Å². The minimum Gasteiger partial charge on any atom is -0.379 e. The van der Waals surface area contributed by atoms with Crippen molar-refractivity contribution < 1.29 is 4.74 Å². The van der Waals surface area contributed by atoms with Gasteiger partial charge in [0.25, 0.3) is 0 Å². The lowest BCUT2D eigenvalue weighted by Crippen LogP contribution is -2.46. The van der Waals surface area contributed by atoms with Gasteiger partial charge in [0.05, 0.1) is 13.2 Å². The minimum atomic E-state index is 0.659. The molecular weight excluding hydrogens is 340 g/mol. The predicted molar refractivity (Wildman–Crippen MR) is 112 cm³/mol. The lowest BCUT2D eigenvalue weighted by molar-refractivity contribution is 0.0195. The second-order valence-corrected chi connectivity index (χ2v) is 8.12. The molecule has 0 aromatic rings. The zero-order valence-electron chi connectivity index (χ0n) is 17.5. The van der Waals surface area contributed by atoms with E-state index in [2.05, 4.69) is 38.9 Å². The Morgan fingerprint density at radius 2 is 1.93 bits per heavy atom. The number of nitrogens with one attached hydrogen (secondary N) is 1. The van der Waals surface area contributed by atoms with Crippen LogP contribution < -0.4 is 5.32 Å². The predicted octanol–water partition coefficient (Wildman–Crippen LogP) is 0.386. The van der Waals surface area contributed by atoms with Gasteiger partial charge in [0, 0.05) is 58.4 Å². The first-order chi connectivity index (χ1) is 13.3. The number of guanidine groups is 1. The first-order valence-corrected chi connectivity index (χ1v) is 11.0. The van der Waals surface area contributed by atoms with Gasteiger partial charge in [-0.15, -0.1) is 0 Å². The van der Waals surface area contributed by atoms with Crippen LogP contribution >= 0.6 is 0 Å². The summed E-state index contributed by atoms with van der Waals surface area (Å²) in [5.74, 6) is 1.11. The molecule has 3 rings (SSSR count). The van der Waals surface area contributed by atoms with Crippen LogP contribution in [0.1, 0.15) is 26.2 Å². The van der Waals surface area contributed by atoms with Crippen molar-refractivity contribution in [2.24, 2.45) is 4.99 Å². The van der Waals surface area contributed by atoms with Crippen molar-refractivity contribution >= 4 is 5.96 Å².